The first-order valence-electron chi connectivity index (χ1n) is 13.6. The molecule has 1 amide bonds. The lowest BCUT2D eigenvalue weighted by atomic mass is 9.98. The summed E-state index contributed by atoms with van der Waals surface area (Å²) in [6.45, 7) is -0.235. The molecule has 15 nitrogen and oxygen atoms in total. The Balaban J connectivity index is 1.40. The molecule has 0 unspecified atom stereocenters. The molecule has 0 radical (unpaired) electrons. The third kappa shape index (κ3) is 8.92. The molecule has 3 atom stereocenters. The van der Waals surface area contributed by atoms with E-state index in [-0.39, 0.29) is 67.2 Å². The zero-order chi connectivity index (χ0) is 30.8. The molecule has 3 heterocycles. The Morgan fingerprint density at radius 3 is 1.84 bits per heavy atom. The summed E-state index contributed by atoms with van der Waals surface area (Å²) in [5.41, 5.74) is 20.5. The quantitative estimate of drug-likeness (QED) is 0.0736. The van der Waals surface area contributed by atoms with Crippen LogP contribution in [0.2, 0.25) is 0 Å². The van der Waals surface area contributed by atoms with Gasteiger partial charge in [0.05, 0.1) is 55.0 Å². The van der Waals surface area contributed by atoms with Gasteiger partial charge in [0, 0.05) is 73.3 Å². The largest absolute Gasteiger partial charge is 0.397 e. The van der Waals surface area contributed by atoms with Crippen molar-refractivity contribution in [3.63, 3.8) is 0 Å². The van der Waals surface area contributed by atoms with Gasteiger partial charge in [0.15, 0.2) is 11.6 Å². The summed E-state index contributed by atoms with van der Waals surface area (Å²) in [5, 5.41) is 5.77. The van der Waals surface area contributed by atoms with E-state index in [0.717, 1.165) is 5.69 Å². The standard InChI is InChI=1S/C28H35N11O4/c29-20-2-1-16(5-21(20)30)28(43)39-24(8-19-11-34-15-38-19)27(42)12-35-23(7-18-10-33-14-37-18)26(41)4-3-25(40)22(31)6-17-9-32-13-36-17/h1-2,5,9-11,13-15,22-24,35H,3-4,6-8,12,29-31H2,(H,32,36)(H,33,37)(H,34,38)(H,39,43)/t22-,23-,24-/m0/s1. The number of benzene rings is 1. The van der Waals surface area contributed by atoms with E-state index in [1.165, 1.54) is 37.2 Å². The van der Waals surface area contributed by atoms with Crippen molar-refractivity contribution in [3.8, 4) is 0 Å². The van der Waals surface area contributed by atoms with Crippen molar-refractivity contribution in [2.24, 2.45) is 5.73 Å². The lowest BCUT2D eigenvalue weighted by Crippen LogP contribution is -2.49. The normalized spacial score (nSPS) is 13.2. The van der Waals surface area contributed by atoms with Crippen molar-refractivity contribution in [3.05, 3.63) is 78.4 Å². The van der Waals surface area contributed by atoms with Gasteiger partial charge in [-0.1, -0.05) is 0 Å². The number of H-pyrrole nitrogens is 3. The number of amides is 1. The highest BCUT2D eigenvalue weighted by Gasteiger charge is 2.27. The average molecular weight is 590 g/mol. The van der Waals surface area contributed by atoms with Gasteiger partial charge in [0.1, 0.15) is 5.78 Å². The van der Waals surface area contributed by atoms with Crippen LogP contribution in [0, 0.1) is 0 Å². The zero-order valence-corrected chi connectivity index (χ0v) is 23.4. The summed E-state index contributed by atoms with van der Waals surface area (Å²) in [6, 6.07) is 1.92. The maximum atomic E-state index is 13.4. The maximum Gasteiger partial charge on any atom is 0.251 e. The molecular formula is C28H35N11O4. The number of nitrogens with one attached hydrogen (secondary N) is 5. The highest BCUT2D eigenvalue weighted by atomic mass is 16.2. The van der Waals surface area contributed by atoms with E-state index in [1.807, 2.05) is 0 Å². The van der Waals surface area contributed by atoms with E-state index in [1.54, 1.807) is 18.6 Å². The lowest BCUT2D eigenvalue weighted by Gasteiger charge is -2.21. The van der Waals surface area contributed by atoms with Crippen LogP contribution < -0.4 is 27.8 Å². The van der Waals surface area contributed by atoms with Crippen LogP contribution in [0.25, 0.3) is 0 Å². The second-order valence-corrected chi connectivity index (χ2v) is 10.2. The summed E-state index contributed by atoms with van der Waals surface area (Å²) in [6.07, 6.45) is 9.70. The summed E-state index contributed by atoms with van der Waals surface area (Å²) in [7, 11) is 0. The number of ketones is 3. The highest BCUT2D eigenvalue weighted by Crippen LogP contribution is 2.16. The smallest absolute Gasteiger partial charge is 0.251 e. The van der Waals surface area contributed by atoms with Crippen LogP contribution in [-0.2, 0) is 33.6 Å². The fourth-order valence-electron chi connectivity index (χ4n) is 4.44. The summed E-state index contributed by atoms with van der Waals surface area (Å²) in [5.74, 6) is -1.41. The molecule has 0 bridgehead atoms. The number of nitrogens with zero attached hydrogens (tertiary/aromatic N) is 3. The minimum Gasteiger partial charge on any atom is -0.397 e. The lowest BCUT2D eigenvalue weighted by molar-refractivity contribution is -0.126. The van der Waals surface area contributed by atoms with Gasteiger partial charge >= 0.3 is 0 Å². The zero-order valence-electron chi connectivity index (χ0n) is 23.4. The van der Waals surface area contributed by atoms with E-state index < -0.39 is 24.0 Å². The Morgan fingerprint density at radius 1 is 0.721 bits per heavy atom. The predicted octanol–water partition coefficient (Wildman–Crippen LogP) is -0.380. The van der Waals surface area contributed by atoms with Crippen molar-refractivity contribution in [2.45, 2.75) is 50.2 Å². The van der Waals surface area contributed by atoms with E-state index in [4.69, 9.17) is 17.2 Å². The number of nitrogen functional groups attached to an aromatic ring is 2. The Bertz CT molecular complexity index is 1500. The van der Waals surface area contributed by atoms with Crippen molar-refractivity contribution in [1.29, 1.82) is 0 Å². The maximum absolute atomic E-state index is 13.4. The molecule has 4 rings (SSSR count). The van der Waals surface area contributed by atoms with Gasteiger partial charge in [-0.25, -0.2) is 15.0 Å². The molecule has 0 fully saturated rings. The fraction of sp³-hybridized carbons (Fsp3) is 0.321. The van der Waals surface area contributed by atoms with Crippen LogP contribution in [0.5, 0.6) is 0 Å². The third-order valence-electron chi connectivity index (χ3n) is 6.94. The summed E-state index contributed by atoms with van der Waals surface area (Å²) in [4.78, 5) is 73.0. The second-order valence-electron chi connectivity index (χ2n) is 10.2. The molecule has 11 N–H and O–H groups in total. The number of imidazole rings is 3. The first-order chi connectivity index (χ1) is 20.7. The summed E-state index contributed by atoms with van der Waals surface area (Å²) >= 11 is 0. The van der Waals surface area contributed by atoms with Crippen LogP contribution in [-0.4, -0.2) is 77.8 Å². The SMILES string of the molecule is Nc1ccc(C(=O)N[C@@H](Cc2cnc[nH]2)C(=O)CN[C@@H](Cc2cnc[nH]2)C(=O)CCC(=O)[C@@H](N)Cc2cnc[nH]2)cc1N. The predicted molar refractivity (Wildman–Crippen MR) is 157 cm³/mol. The van der Waals surface area contributed by atoms with Crippen molar-refractivity contribution in [1.82, 2.24) is 40.5 Å². The average Bonchev–Trinajstić information content (AvgIpc) is 3.79. The molecule has 0 spiro atoms. The topological polar surface area (TPSA) is 256 Å². The van der Waals surface area contributed by atoms with Gasteiger partial charge in [0.2, 0.25) is 0 Å². The van der Waals surface area contributed by atoms with E-state index in [2.05, 4.69) is 40.5 Å². The minimum atomic E-state index is -0.954. The number of carbonyl (C=O) groups is 4. The molecular weight excluding hydrogens is 554 g/mol. The second kappa shape index (κ2) is 14.7. The van der Waals surface area contributed by atoms with Crippen molar-refractivity contribution < 1.29 is 19.2 Å². The Morgan fingerprint density at radius 2 is 1.28 bits per heavy atom. The van der Waals surface area contributed by atoms with E-state index >= 15 is 0 Å². The Kier molecular flexibility index (Phi) is 10.5. The Labute approximate surface area is 246 Å². The highest BCUT2D eigenvalue weighted by molar-refractivity contribution is 5.99. The van der Waals surface area contributed by atoms with Crippen molar-refractivity contribution >= 4 is 34.6 Å². The fourth-order valence-corrected chi connectivity index (χ4v) is 4.44. The van der Waals surface area contributed by atoms with Gasteiger partial charge in [0.25, 0.3) is 5.91 Å². The number of hydrogen-bond acceptors (Lipinski definition) is 11. The molecule has 0 saturated carbocycles. The number of carbonyl (C=O) groups excluding carboxylic acids is 4. The molecule has 0 aliphatic carbocycles. The third-order valence-corrected chi connectivity index (χ3v) is 6.94. The summed E-state index contributed by atoms with van der Waals surface area (Å²) < 4.78 is 0. The molecule has 226 valence electrons. The molecule has 0 aliphatic rings. The Hall–Kier alpha value is -5.15. The number of rotatable bonds is 17. The monoisotopic (exact) mass is 589 g/mol. The number of aromatic amines is 3. The molecule has 0 saturated heterocycles. The number of anilines is 2. The van der Waals surface area contributed by atoms with Crippen LogP contribution >= 0.6 is 0 Å². The molecule has 0 aliphatic heterocycles. The van der Waals surface area contributed by atoms with Gasteiger partial charge in [-0.3, -0.25) is 19.2 Å². The van der Waals surface area contributed by atoms with Gasteiger partial charge in [-0.2, -0.15) is 0 Å². The molecule has 1 aromatic carbocycles. The van der Waals surface area contributed by atoms with Crippen LogP contribution in [0.4, 0.5) is 11.4 Å². The molecule has 4 aromatic rings. The van der Waals surface area contributed by atoms with Gasteiger partial charge in [-0.05, 0) is 18.2 Å². The molecule has 43 heavy (non-hydrogen) atoms. The number of Topliss-reactive ketones (excluding diaryl/α,β-unsaturated/α-hetero) is 3. The van der Waals surface area contributed by atoms with E-state index in [0.29, 0.717) is 17.1 Å². The van der Waals surface area contributed by atoms with Crippen LogP contribution in [0.1, 0.15) is 40.3 Å². The molecule has 3 aromatic heterocycles. The number of hydrogen-bond donors (Lipinski definition) is 8. The van der Waals surface area contributed by atoms with Gasteiger partial charge in [-0.15, -0.1) is 0 Å². The molecule has 15 heteroatoms. The number of aromatic nitrogens is 6. The van der Waals surface area contributed by atoms with Crippen LogP contribution in [0.3, 0.4) is 0 Å². The van der Waals surface area contributed by atoms with Crippen molar-refractivity contribution in [2.75, 3.05) is 18.0 Å². The first-order valence-corrected chi connectivity index (χ1v) is 13.6. The van der Waals surface area contributed by atoms with Crippen LogP contribution in [0.15, 0.2) is 55.8 Å². The number of nitrogens with two attached hydrogens (primary N) is 3. The minimum absolute atomic E-state index is 0.0491. The van der Waals surface area contributed by atoms with Gasteiger partial charge < -0.3 is 42.8 Å². The van der Waals surface area contributed by atoms with E-state index in [9.17, 15) is 19.2 Å². The first kappa shape index (κ1) is 30.8.